The zero-order valence-electron chi connectivity index (χ0n) is 10.8. The Kier molecular flexibility index (Phi) is 3.77. The Hall–Kier alpha value is -1.27. The molecule has 2 rings (SSSR count). The molecule has 100 valence electrons. The summed E-state index contributed by atoms with van der Waals surface area (Å²) in [5.41, 5.74) is 1.68. The maximum atomic E-state index is 11.7. The van der Waals surface area contributed by atoms with Gasteiger partial charge in [-0.1, -0.05) is 6.07 Å². The van der Waals surface area contributed by atoms with Crippen molar-refractivity contribution >= 4 is 21.6 Å². The van der Waals surface area contributed by atoms with Crippen LogP contribution in [0.2, 0.25) is 0 Å². The van der Waals surface area contributed by atoms with E-state index in [-0.39, 0.29) is 0 Å². The average molecular weight is 269 g/mol. The lowest BCUT2D eigenvalue weighted by Gasteiger charge is -2.19. The Balaban J connectivity index is 2.17. The highest BCUT2D eigenvalue weighted by molar-refractivity contribution is 7.90. The van der Waals surface area contributed by atoms with E-state index in [1.807, 2.05) is 18.2 Å². The summed E-state index contributed by atoms with van der Waals surface area (Å²) in [5, 5.41) is 0. The summed E-state index contributed by atoms with van der Waals surface area (Å²) in [4.78, 5) is 2.27. The second-order valence-electron chi connectivity index (χ2n) is 4.63. The van der Waals surface area contributed by atoms with Crippen molar-refractivity contribution in [3.63, 3.8) is 0 Å². The fourth-order valence-electron chi connectivity index (χ4n) is 1.98. The van der Waals surface area contributed by atoms with Gasteiger partial charge < -0.3 is 4.90 Å². The molecule has 5 nitrogen and oxygen atoms in total. The molecule has 1 aromatic rings. The topological polar surface area (TPSA) is 52.7 Å². The molecule has 0 atom stereocenters. The van der Waals surface area contributed by atoms with E-state index in [1.165, 1.54) is 26.9 Å². The molecule has 6 heteroatoms. The van der Waals surface area contributed by atoms with Crippen molar-refractivity contribution < 1.29 is 8.42 Å². The third kappa shape index (κ3) is 2.94. The fraction of sp³-hybridized carbons (Fsp3) is 0.500. The third-order valence-electron chi connectivity index (χ3n) is 3.04. The molecule has 0 aliphatic carbocycles. The van der Waals surface area contributed by atoms with E-state index in [0.717, 1.165) is 23.1 Å². The van der Waals surface area contributed by atoms with E-state index in [2.05, 4.69) is 9.62 Å². The Bertz CT molecular complexity index is 508. The molecule has 1 heterocycles. The van der Waals surface area contributed by atoms with Gasteiger partial charge in [-0.15, -0.1) is 0 Å². The van der Waals surface area contributed by atoms with E-state index in [0.29, 0.717) is 5.69 Å². The molecule has 18 heavy (non-hydrogen) atoms. The Morgan fingerprint density at radius 3 is 2.50 bits per heavy atom. The second kappa shape index (κ2) is 5.16. The van der Waals surface area contributed by atoms with Crippen LogP contribution in [0.1, 0.15) is 12.8 Å². The summed E-state index contributed by atoms with van der Waals surface area (Å²) in [5.74, 6) is 0. The van der Waals surface area contributed by atoms with Gasteiger partial charge in [-0.05, 0) is 31.0 Å². The molecular weight excluding hydrogens is 250 g/mol. The van der Waals surface area contributed by atoms with E-state index < -0.39 is 10.2 Å². The van der Waals surface area contributed by atoms with E-state index >= 15 is 0 Å². The van der Waals surface area contributed by atoms with Crippen LogP contribution >= 0.6 is 0 Å². The highest BCUT2D eigenvalue weighted by Crippen LogP contribution is 2.23. The lowest BCUT2D eigenvalue weighted by molar-refractivity contribution is 0.527. The molecule has 0 radical (unpaired) electrons. The lowest BCUT2D eigenvalue weighted by atomic mass is 10.2. The van der Waals surface area contributed by atoms with Crippen LogP contribution in [0.15, 0.2) is 24.3 Å². The second-order valence-corrected chi connectivity index (χ2v) is 6.52. The quantitative estimate of drug-likeness (QED) is 0.901. The molecule has 1 fully saturated rings. The molecule has 0 spiro atoms. The van der Waals surface area contributed by atoms with Crippen molar-refractivity contribution in [2.75, 3.05) is 36.8 Å². The molecule has 0 bridgehead atoms. The maximum absolute atomic E-state index is 11.7. The van der Waals surface area contributed by atoms with E-state index in [4.69, 9.17) is 0 Å². The van der Waals surface area contributed by atoms with Crippen molar-refractivity contribution in [2.24, 2.45) is 0 Å². The summed E-state index contributed by atoms with van der Waals surface area (Å²) in [6.07, 6.45) is 2.40. The standard InChI is InChI=1S/C12H19N3O2S/c1-14(2)18(16,17)13-11-6-5-7-12(10-11)15-8-3-4-9-15/h5-7,10,13H,3-4,8-9H2,1-2H3. The molecule has 1 N–H and O–H groups in total. The molecular formula is C12H19N3O2S. The molecule has 0 unspecified atom stereocenters. The summed E-state index contributed by atoms with van der Waals surface area (Å²) in [6, 6.07) is 7.53. The highest BCUT2D eigenvalue weighted by Gasteiger charge is 2.15. The predicted molar refractivity (Wildman–Crippen MR) is 74.1 cm³/mol. The van der Waals surface area contributed by atoms with Gasteiger partial charge in [0, 0.05) is 32.9 Å². The summed E-state index contributed by atoms with van der Waals surface area (Å²) in [6.45, 7) is 2.09. The zero-order valence-corrected chi connectivity index (χ0v) is 11.6. The van der Waals surface area contributed by atoms with Crippen molar-refractivity contribution in [1.82, 2.24) is 4.31 Å². The van der Waals surface area contributed by atoms with Crippen LogP contribution in [0, 0.1) is 0 Å². The summed E-state index contributed by atoms with van der Waals surface area (Å²) < 4.78 is 27.2. The largest absolute Gasteiger partial charge is 0.371 e. The number of hydrogen-bond acceptors (Lipinski definition) is 3. The van der Waals surface area contributed by atoms with Crippen molar-refractivity contribution in [3.05, 3.63) is 24.3 Å². The van der Waals surface area contributed by atoms with Crippen molar-refractivity contribution in [2.45, 2.75) is 12.8 Å². The number of nitrogens with one attached hydrogen (secondary N) is 1. The molecule has 0 aromatic heterocycles. The van der Waals surface area contributed by atoms with Crippen LogP contribution in [0.25, 0.3) is 0 Å². The number of benzene rings is 1. The van der Waals surface area contributed by atoms with Gasteiger partial charge in [-0.2, -0.15) is 12.7 Å². The summed E-state index contributed by atoms with van der Waals surface area (Å²) >= 11 is 0. The number of nitrogens with zero attached hydrogens (tertiary/aromatic N) is 2. The number of rotatable bonds is 4. The number of hydrogen-bond donors (Lipinski definition) is 1. The van der Waals surface area contributed by atoms with Crippen LogP contribution < -0.4 is 9.62 Å². The molecule has 1 aliphatic heterocycles. The first-order valence-electron chi connectivity index (χ1n) is 6.04. The number of anilines is 2. The normalized spacial score (nSPS) is 16.3. The Morgan fingerprint density at radius 1 is 1.22 bits per heavy atom. The van der Waals surface area contributed by atoms with Crippen LogP contribution in [0.5, 0.6) is 0 Å². The van der Waals surface area contributed by atoms with Gasteiger partial charge in [0.15, 0.2) is 0 Å². The Morgan fingerprint density at radius 2 is 1.89 bits per heavy atom. The molecule has 0 amide bonds. The van der Waals surface area contributed by atoms with Gasteiger partial charge in [-0.3, -0.25) is 4.72 Å². The Labute approximate surface area is 109 Å². The minimum Gasteiger partial charge on any atom is -0.371 e. The van der Waals surface area contributed by atoms with E-state index in [1.54, 1.807) is 6.07 Å². The fourth-order valence-corrected chi connectivity index (χ4v) is 2.59. The van der Waals surface area contributed by atoms with Crippen LogP contribution in [0.3, 0.4) is 0 Å². The molecule has 1 aromatic carbocycles. The van der Waals surface area contributed by atoms with Gasteiger partial charge in [0.05, 0.1) is 5.69 Å². The molecule has 1 saturated heterocycles. The first-order chi connectivity index (χ1) is 8.49. The summed E-state index contributed by atoms with van der Waals surface area (Å²) in [7, 11) is -0.414. The zero-order chi connectivity index (χ0) is 13.2. The third-order valence-corrected chi connectivity index (χ3v) is 4.50. The van der Waals surface area contributed by atoms with Crippen LogP contribution in [0.4, 0.5) is 11.4 Å². The van der Waals surface area contributed by atoms with E-state index in [9.17, 15) is 8.42 Å². The van der Waals surface area contributed by atoms with Crippen molar-refractivity contribution in [1.29, 1.82) is 0 Å². The van der Waals surface area contributed by atoms with Gasteiger partial charge in [0.1, 0.15) is 0 Å². The minimum atomic E-state index is -3.43. The van der Waals surface area contributed by atoms with Gasteiger partial charge in [0.2, 0.25) is 0 Å². The van der Waals surface area contributed by atoms with Crippen LogP contribution in [-0.4, -0.2) is 39.9 Å². The van der Waals surface area contributed by atoms with Crippen LogP contribution in [-0.2, 0) is 10.2 Å². The first kappa shape index (κ1) is 13.2. The SMILES string of the molecule is CN(C)S(=O)(=O)Nc1cccc(N2CCCC2)c1. The molecule has 1 aliphatic rings. The highest BCUT2D eigenvalue weighted by atomic mass is 32.2. The smallest absolute Gasteiger partial charge is 0.301 e. The van der Waals surface area contributed by atoms with Gasteiger partial charge in [0.25, 0.3) is 0 Å². The first-order valence-corrected chi connectivity index (χ1v) is 7.48. The monoisotopic (exact) mass is 269 g/mol. The van der Waals surface area contributed by atoms with Gasteiger partial charge in [-0.25, -0.2) is 0 Å². The molecule has 0 saturated carbocycles. The minimum absolute atomic E-state index is 0.605. The lowest BCUT2D eigenvalue weighted by Crippen LogP contribution is -2.29. The average Bonchev–Trinajstić information content (AvgIpc) is 2.82. The van der Waals surface area contributed by atoms with Gasteiger partial charge >= 0.3 is 10.2 Å². The predicted octanol–water partition coefficient (Wildman–Crippen LogP) is 1.51. The van der Waals surface area contributed by atoms with Crippen molar-refractivity contribution in [3.8, 4) is 0 Å². The maximum Gasteiger partial charge on any atom is 0.301 e.